The lowest BCUT2D eigenvalue weighted by Gasteiger charge is -2.29. The van der Waals surface area contributed by atoms with Crippen molar-refractivity contribution in [1.29, 1.82) is 0 Å². The van der Waals surface area contributed by atoms with E-state index in [-0.39, 0.29) is 5.41 Å². The van der Waals surface area contributed by atoms with Crippen LogP contribution < -0.4 is 0 Å². The zero-order valence-corrected chi connectivity index (χ0v) is 10.3. The van der Waals surface area contributed by atoms with Gasteiger partial charge in [-0.3, -0.25) is 0 Å². The Hall–Kier alpha value is -0.770. The Morgan fingerprint density at radius 3 is 2.21 bits per heavy atom. The fraction of sp³-hybridized carbons (Fsp3) is 0.769. The maximum atomic E-state index is 5.57. The van der Waals surface area contributed by atoms with Crippen LogP contribution in [0.15, 0.2) is 0 Å². The van der Waals surface area contributed by atoms with Gasteiger partial charge < -0.3 is 0 Å². The molecule has 0 amide bonds. The van der Waals surface area contributed by atoms with Gasteiger partial charge in [0.05, 0.1) is 5.41 Å². The molecule has 1 heteroatoms. The summed E-state index contributed by atoms with van der Waals surface area (Å²) in [5, 5.41) is 0. The van der Waals surface area contributed by atoms with Crippen LogP contribution in [-0.2, 0) is 0 Å². The van der Waals surface area contributed by atoms with Gasteiger partial charge in [0.1, 0.15) is 13.3 Å². The fourth-order valence-electron chi connectivity index (χ4n) is 2.22. The molecule has 0 aliphatic carbocycles. The topological polar surface area (TPSA) is 3.01 Å². The minimum atomic E-state index is -0.106. The first-order valence-electron chi connectivity index (χ1n) is 5.41. The van der Waals surface area contributed by atoms with Gasteiger partial charge in [-0.2, -0.15) is 0 Å². The van der Waals surface area contributed by atoms with E-state index >= 15 is 0 Å². The Bertz CT molecular complexity index is 230. The van der Waals surface area contributed by atoms with Crippen molar-refractivity contribution in [1.82, 2.24) is 0 Å². The van der Waals surface area contributed by atoms with E-state index in [1.54, 1.807) is 0 Å². The fourth-order valence-corrected chi connectivity index (χ4v) is 2.22. The standard InChI is InChI=1S/C13H24N/c1-8-10-14(7)12(11(3)4)13(5,6)9-2/h2,11-12H,7-8,10H2,1,3-6H3/q+1. The maximum Gasteiger partial charge on any atom is 0.170 e. The molecular weight excluding hydrogens is 170 g/mol. The molecule has 0 spiro atoms. The molecule has 0 aliphatic rings. The highest BCUT2D eigenvalue weighted by molar-refractivity contribution is 5.16. The highest BCUT2D eigenvalue weighted by Crippen LogP contribution is 2.27. The Balaban J connectivity index is 4.79. The maximum absolute atomic E-state index is 5.57. The van der Waals surface area contributed by atoms with Crippen LogP contribution in [0.3, 0.4) is 0 Å². The Kier molecular flexibility index (Phi) is 4.91. The Morgan fingerprint density at radius 2 is 1.93 bits per heavy atom. The van der Waals surface area contributed by atoms with Crippen molar-refractivity contribution >= 4 is 6.72 Å². The summed E-state index contributed by atoms with van der Waals surface area (Å²) < 4.78 is 2.14. The Morgan fingerprint density at radius 1 is 1.43 bits per heavy atom. The molecular formula is C13H24N+. The van der Waals surface area contributed by atoms with E-state index in [9.17, 15) is 0 Å². The van der Waals surface area contributed by atoms with Crippen LogP contribution in [0.25, 0.3) is 0 Å². The minimum absolute atomic E-state index is 0.106. The monoisotopic (exact) mass is 194 g/mol. The van der Waals surface area contributed by atoms with Gasteiger partial charge in [0.2, 0.25) is 0 Å². The van der Waals surface area contributed by atoms with Gasteiger partial charge in [0, 0.05) is 12.3 Å². The lowest BCUT2D eigenvalue weighted by atomic mass is 9.79. The third kappa shape index (κ3) is 3.18. The predicted molar refractivity (Wildman–Crippen MR) is 63.8 cm³/mol. The van der Waals surface area contributed by atoms with Crippen molar-refractivity contribution in [2.24, 2.45) is 11.3 Å². The largest absolute Gasteiger partial charge is 0.238 e. The first kappa shape index (κ1) is 13.2. The first-order valence-corrected chi connectivity index (χ1v) is 5.41. The number of terminal acetylenes is 1. The molecule has 14 heavy (non-hydrogen) atoms. The van der Waals surface area contributed by atoms with Crippen molar-refractivity contribution in [3.05, 3.63) is 0 Å². The quantitative estimate of drug-likeness (QED) is 0.360. The minimum Gasteiger partial charge on any atom is -0.238 e. The highest BCUT2D eigenvalue weighted by Gasteiger charge is 2.37. The summed E-state index contributed by atoms with van der Waals surface area (Å²) in [5.74, 6) is 3.41. The van der Waals surface area contributed by atoms with Crippen LogP contribution >= 0.6 is 0 Å². The summed E-state index contributed by atoms with van der Waals surface area (Å²) in [6, 6.07) is 0.354. The molecule has 0 radical (unpaired) electrons. The molecule has 0 saturated heterocycles. The molecule has 80 valence electrons. The van der Waals surface area contributed by atoms with Gasteiger partial charge >= 0.3 is 0 Å². The second-order valence-electron chi connectivity index (χ2n) is 4.87. The molecule has 0 aromatic carbocycles. The van der Waals surface area contributed by atoms with E-state index in [4.69, 9.17) is 6.42 Å². The summed E-state index contributed by atoms with van der Waals surface area (Å²) >= 11 is 0. The summed E-state index contributed by atoms with van der Waals surface area (Å²) in [5.41, 5.74) is -0.106. The molecule has 0 aliphatic heterocycles. The summed E-state index contributed by atoms with van der Waals surface area (Å²) in [4.78, 5) is 0. The van der Waals surface area contributed by atoms with E-state index in [0.29, 0.717) is 12.0 Å². The predicted octanol–water partition coefficient (Wildman–Crippen LogP) is 2.79. The molecule has 0 fully saturated rings. The third-order valence-electron chi connectivity index (χ3n) is 2.65. The molecule has 0 bridgehead atoms. The van der Waals surface area contributed by atoms with Crippen molar-refractivity contribution in [2.75, 3.05) is 6.54 Å². The van der Waals surface area contributed by atoms with Crippen LogP contribution in [0.4, 0.5) is 0 Å². The van der Waals surface area contributed by atoms with Gasteiger partial charge in [-0.15, -0.1) is 6.42 Å². The van der Waals surface area contributed by atoms with Crippen molar-refractivity contribution in [2.45, 2.75) is 47.1 Å². The molecule has 0 N–H and O–H groups in total. The normalized spacial score (nSPS) is 13.8. The number of nitrogens with zero attached hydrogens (tertiary/aromatic N) is 1. The lowest BCUT2D eigenvalue weighted by Crippen LogP contribution is -2.42. The molecule has 1 atom stereocenters. The smallest absolute Gasteiger partial charge is 0.170 e. The van der Waals surface area contributed by atoms with E-state index in [1.807, 2.05) is 0 Å². The Labute approximate surface area is 89.2 Å². The molecule has 0 rings (SSSR count). The molecule has 1 unspecified atom stereocenters. The van der Waals surface area contributed by atoms with Crippen molar-refractivity contribution < 1.29 is 4.58 Å². The van der Waals surface area contributed by atoms with Gasteiger partial charge in [-0.05, 0) is 13.8 Å². The van der Waals surface area contributed by atoms with Gasteiger partial charge in [0.15, 0.2) is 6.04 Å². The second kappa shape index (κ2) is 5.20. The number of rotatable bonds is 5. The second-order valence-corrected chi connectivity index (χ2v) is 4.87. The summed E-state index contributed by atoms with van der Waals surface area (Å²) in [6.45, 7) is 15.9. The number of hydrogen-bond acceptors (Lipinski definition) is 0. The zero-order valence-electron chi connectivity index (χ0n) is 10.3. The SMILES string of the molecule is C#CC(C)(C)C(C(C)C)[N+](=C)CCC. The average molecular weight is 194 g/mol. The van der Waals surface area contributed by atoms with Gasteiger partial charge in [0.25, 0.3) is 0 Å². The highest BCUT2D eigenvalue weighted by atomic mass is 15.0. The number of hydrogen-bond donors (Lipinski definition) is 0. The average Bonchev–Trinajstić information content (AvgIpc) is 2.03. The summed E-state index contributed by atoms with van der Waals surface area (Å²) in [6.07, 6.45) is 6.69. The molecule has 0 saturated carbocycles. The van der Waals surface area contributed by atoms with E-state index in [1.165, 1.54) is 0 Å². The first-order chi connectivity index (χ1) is 6.36. The van der Waals surface area contributed by atoms with Crippen LogP contribution in [0.2, 0.25) is 0 Å². The van der Waals surface area contributed by atoms with Crippen molar-refractivity contribution in [3.8, 4) is 12.3 Å². The summed E-state index contributed by atoms with van der Waals surface area (Å²) in [7, 11) is 0. The van der Waals surface area contributed by atoms with Crippen LogP contribution in [0.1, 0.15) is 41.0 Å². The van der Waals surface area contributed by atoms with Crippen LogP contribution in [0, 0.1) is 23.7 Å². The van der Waals surface area contributed by atoms with Gasteiger partial charge in [-0.1, -0.05) is 26.7 Å². The van der Waals surface area contributed by atoms with Crippen molar-refractivity contribution in [3.63, 3.8) is 0 Å². The van der Waals surface area contributed by atoms with Crippen LogP contribution in [-0.4, -0.2) is 23.9 Å². The van der Waals surface area contributed by atoms with E-state index in [0.717, 1.165) is 13.0 Å². The molecule has 1 nitrogen and oxygen atoms in total. The third-order valence-corrected chi connectivity index (χ3v) is 2.65. The molecule has 0 heterocycles. The van der Waals surface area contributed by atoms with E-state index in [2.05, 4.69) is 51.8 Å². The molecule has 0 aromatic rings. The lowest BCUT2D eigenvalue weighted by molar-refractivity contribution is -0.579. The van der Waals surface area contributed by atoms with Crippen LogP contribution in [0.5, 0.6) is 0 Å². The zero-order chi connectivity index (χ0) is 11.4. The van der Waals surface area contributed by atoms with Gasteiger partial charge in [-0.25, -0.2) is 4.58 Å². The van der Waals surface area contributed by atoms with E-state index < -0.39 is 0 Å². The molecule has 0 aromatic heterocycles.